The van der Waals surface area contributed by atoms with Crippen molar-refractivity contribution in [1.29, 1.82) is 0 Å². The van der Waals surface area contributed by atoms with Crippen molar-refractivity contribution in [2.45, 2.75) is 4.90 Å². The van der Waals surface area contributed by atoms with E-state index in [-0.39, 0.29) is 47.7 Å². The summed E-state index contributed by atoms with van der Waals surface area (Å²) >= 11 is 11.0. The summed E-state index contributed by atoms with van der Waals surface area (Å²) in [6.45, 7) is 0. The molecule has 0 saturated carbocycles. The topological polar surface area (TPSA) is 54.4 Å². The Morgan fingerprint density at radius 1 is 1.23 bits per heavy atom. The van der Waals surface area contributed by atoms with Gasteiger partial charge in [0.1, 0.15) is 4.90 Å². The summed E-state index contributed by atoms with van der Waals surface area (Å²) in [5.74, 6) is 0. The second kappa shape index (κ2) is 5.16. The quantitative estimate of drug-likeness (QED) is 0.618. The average molecular weight is 269 g/mol. The van der Waals surface area contributed by atoms with Gasteiger partial charge in [-0.05, 0) is 18.2 Å². The molecule has 0 heterocycles. The molecule has 1 aromatic carbocycles. The van der Waals surface area contributed by atoms with Crippen LogP contribution in [0, 0.1) is 0 Å². The summed E-state index contributed by atoms with van der Waals surface area (Å²) in [4.78, 5) is -0.339. The third-order valence-electron chi connectivity index (χ3n) is 1.17. The van der Waals surface area contributed by atoms with Crippen LogP contribution in [0.2, 0.25) is 10.0 Å². The molecule has 0 fully saturated rings. The Hall–Kier alpha value is 0.970. The molecule has 0 aliphatic rings. The first kappa shape index (κ1) is 14.0. The zero-order chi connectivity index (χ0) is 9.35. The van der Waals surface area contributed by atoms with E-state index in [9.17, 15) is 8.42 Å². The van der Waals surface area contributed by atoms with Gasteiger partial charge < -0.3 is 0 Å². The third-order valence-corrected chi connectivity index (χ3v) is 2.74. The Morgan fingerprint density at radius 2 is 1.77 bits per heavy atom. The first-order valence-corrected chi connectivity index (χ1v) is 5.03. The van der Waals surface area contributed by atoms with Crippen LogP contribution in [-0.4, -0.2) is 50.7 Å². The Labute approximate surface area is 116 Å². The molecule has 3 nitrogen and oxygen atoms in total. The van der Waals surface area contributed by atoms with E-state index in [0.29, 0.717) is 5.02 Å². The van der Waals surface area contributed by atoms with Crippen LogP contribution in [0.4, 0.5) is 0 Å². The van der Waals surface area contributed by atoms with Crippen molar-refractivity contribution in [3.63, 3.8) is 0 Å². The Balaban J connectivity index is 0.00000144. The van der Waals surface area contributed by atoms with Gasteiger partial charge in [0.05, 0.1) is 5.02 Å². The van der Waals surface area contributed by atoms with Crippen molar-refractivity contribution >= 4 is 71.1 Å². The van der Waals surface area contributed by atoms with Crippen molar-refractivity contribution in [2.24, 2.45) is 0 Å². The van der Waals surface area contributed by atoms with Gasteiger partial charge >= 0.3 is 37.7 Å². The molecule has 0 bridgehead atoms. The van der Waals surface area contributed by atoms with Gasteiger partial charge in [-0.3, -0.25) is 4.55 Å². The van der Waals surface area contributed by atoms with E-state index in [4.69, 9.17) is 27.8 Å². The van der Waals surface area contributed by atoms with Gasteiger partial charge in [0.2, 0.25) is 0 Å². The summed E-state index contributed by atoms with van der Waals surface area (Å²) in [6, 6.07) is 3.71. The molecular weight excluding hydrogens is 263 g/mol. The van der Waals surface area contributed by atoms with Crippen molar-refractivity contribution < 1.29 is 13.0 Å². The molecule has 0 spiro atoms. The van der Waals surface area contributed by atoms with E-state index in [0.717, 1.165) is 6.07 Å². The molecule has 13 heavy (non-hydrogen) atoms. The average Bonchev–Trinajstić information content (AvgIpc) is 1.83. The van der Waals surface area contributed by atoms with Crippen LogP contribution >= 0.6 is 23.2 Å². The van der Waals surface area contributed by atoms with Crippen LogP contribution in [0.1, 0.15) is 0 Å². The summed E-state index contributed by atoms with van der Waals surface area (Å²) < 4.78 is 29.8. The van der Waals surface area contributed by atoms with Gasteiger partial charge in [0, 0.05) is 5.02 Å². The molecule has 7 heteroatoms. The van der Waals surface area contributed by atoms with E-state index in [1.807, 2.05) is 0 Å². The van der Waals surface area contributed by atoms with Crippen molar-refractivity contribution in [2.75, 3.05) is 0 Å². The second-order valence-electron chi connectivity index (χ2n) is 2.05. The third kappa shape index (κ3) is 3.91. The maximum atomic E-state index is 10.6. The minimum atomic E-state index is -4.24. The zero-order valence-corrected chi connectivity index (χ0v) is 7.99. The first-order valence-electron chi connectivity index (χ1n) is 2.84. The molecule has 70 valence electrons. The number of rotatable bonds is 1. The summed E-state index contributed by atoms with van der Waals surface area (Å²) in [7, 11) is -4.24. The molecule has 1 aromatic rings. The van der Waals surface area contributed by atoms with E-state index in [2.05, 4.69) is 0 Å². The summed E-state index contributed by atoms with van der Waals surface area (Å²) in [5, 5.41) is 0.220. The molecule has 0 radical (unpaired) electrons. The monoisotopic (exact) mass is 268 g/mol. The fourth-order valence-electron chi connectivity index (χ4n) is 0.684. The first-order chi connectivity index (χ1) is 5.41. The van der Waals surface area contributed by atoms with Gasteiger partial charge in [0.15, 0.2) is 0 Å². The van der Waals surface area contributed by atoms with E-state index in [1.54, 1.807) is 0 Å². The standard InChI is InChI=1S/C6H4Cl2O3S.Ca.2H/c7-4-1-2-6(5(8)3-4)12(9,10)11;;;/h1-3H,(H,9,10,11);;;. The number of hydrogen-bond donors (Lipinski definition) is 1. The Kier molecular flexibility index (Phi) is 5.55. The molecule has 0 unspecified atom stereocenters. The van der Waals surface area contributed by atoms with Crippen LogP contribution < -0.4 is 0 Å². The van der Waals surface area contributed by atoms with E-state index in [1.165, 1.54) is 12.1 Å². The summed E-state index contributed by atoms with van der Waals surface area (Å²) in [6.07, 6.45) is 0. The van der Waals surface area contributed by atoms with Crippen molar-refractivity contribution in [3.8, 4) is 0 Å². The van der Waals surface area contributed by atoms with E-state index >= 15 is 0 Å². The van der Waals surface area contributed by atoms with Crippen molar-refractivity contribution in [1.82, 2.24) is 0 Å². The SMILES string of the molecule is O=S(=O)(O)c1ccc(Cl)cc1Cl.[CaH2]. The molecule has 0 atom stereocenters. The fraction of sp³-hybridized carbons (Fsp3) is 0. The molecule has 0 aliphatic carbocycles. The van der Waals surface area contributed by atoms with Gasteiger partial charge in [-0.1, -0.05) is 23.2 Å². The van der Waals surface area contributed by atoms with Gasteiger partial charge in [-0.2, -0.15) is 8.42 Å². The molecule has 1 rings (SSSR count). The molecular formula is C6H6CaCl2O3S. The Bertz CT molecular complexity index is 404. The molecule has 1 N–H and O–H groups in total. The predicted octanol–water partition coefficient (Wildman–Crippen LogP) is 1.32. The molecule has 0 saturated heterocycles. The van der Waals surface area contributed by atoms with Crippen molar-refractivity contribution in [3.05, 3.63) is 28.2 Å². The number of hydrogen-bond acceptors (Lipinski definition) is 2. The van der Waals surface area contributed by atoms with Crippen LogP contribution in [0.25, 0.3) is 0 Å². The molecule has 0 amide bonds. The Morgan fingerprint density at radius 3 is 2.15 bits per heavy atom. The number of benzene rings is 1. The van der Waals surface area contributed by atoms with Crippen LogP contribution in [0.3, 0.4) is 0 Å². The fourth-order valence-corrected chi connectivity index (χ4v) is 1.93. The second-order valence-corrected chi connectivity index (χ2v) is 4.28. The predicted molar refractivity (Wildman–Crippen MR) is 54.8 cm³/mol. The van der Waals surface area contributed by atoms with E-state index < -0.39 is 10.1 Å². The molecule has 0 aliphatic heterocycles. The number of halogens is 2. The van der Waals surface area contributed by atoms with Crippen LogP contribution in [0.5, 0.6) is 0 Å². The van der Waals surface area contributed by atoms with Crippen LogP contribution in [0.15, 0.2) is 23.1 Å². The normalized spacial score (nSPS) is 10.7. The van der Waals surface area contributed by atoms with Gasteiger partial charge in [0.25, 0.3) is 10.1 Å². The maximum absolute atomic E-state index is 10.6. The molecule has 0 aromatic heterocycles. The van der Waals surface area contributed by atoms with Gasteiger partial charge in [-0.15, -0.1) is 0 Å². The summed E-state index contributed by atoms with van der Waals surface area (Å²) in [5.41, 5.74) is 0. The van der Waals surface area contributed by atoms with Gasteiger partial charge in [-0.25, -0.2) is 0 Å². The minimum absolute atomic E-state index is 0. The van der Waals surface area contributed by atoms with Crippen LogP contribution in [-0.2, 0) is 10.1 Å². The zero-order valence-electron chi connectivity index (χ0n) is 5.66.